The Bertz CT molecular complexity index is 284. The van der Waals surface area contributed by atoms with Crippen LogP contribution in [0.3, 0.4) is 0 Å². The molecule has 0 saturated heterocycles. The van der Waals surface area contributed by atoms with Gasteiger partial charge in [0.2, 0.25) is 0 Å². The van der Waals surface area contributed by atoms with Gasteiger partial charge >= 0.3 is 0 Å². The van der Waals surface area contributed by atoms with Gasteiger partial charge in [-0.25, -0.2) is 0 Å². The lowest BCUT2D eigenvalue weighted by atomic mass is 9.98. The molecule has 1 aromatic rings. The van der Waals surface area contributed by atoms with E-state index in [2.05, 4.69) is 39.0 Å². The van der Waals surface area contributed by atoms with Gasteiger partial charge in [-0.05, 0) is 49.3 Å². The van der Waals surface area contributed by atoms with Crippen LogP contribution in [0.25, 0.3) is 0 Å². The summed E-state index contributed by atoms with van der Waals surface area (Å²) in [4.78, 5) is 0. The Labute approximate surface area is 107 Å². The smallest absolute Gasteiger partial charge is 0.0238 e. The maximum atomic E-state index is 4.10. The number of hydrogen-bond donors (Lipinski definition) is 0. The lowest BCUT2D eigenvalue weighted by molar-refractivity contribution is 0.708. The molecule has 0 N–H and O–H groups in total. The van der Waals surface area contributed by atoms with Gasteiger partial charge in [-0.2, -0.15) is 0 Å². The quantitative estimate of drug-likeness (QED) is 0.530. The fraction of sp³-hybridized carbons (Fsp3) is 0.588. The Morgan fingerprint density at radius 2 is 1.24 bits per heavy atom. The number of aryl methyl sites for hydroxylation is 2. The monoisotopic (exact) mass is 231 g/mol. The molecule has 0 atom stereocenters. The third-order valence-corrected chi connectivity index (χ3v) is 3.25. The zero-order valence-electron chi connectivity index (χ0n) is 11.6. The summed E-state index contributed by atoms with van der Waals surface area (Å²) >= 11 is 0. The molecule has 0 heteroatoms. The second-order valence-electron chi connectivity index (χ2n) is 5.07. The van der Waals surface area contributed by atoms with E-state index in [9.17, 15) is 0 Å². The zero-order valence-corrected chi connectivity index (χ0v) is 11.6. The van der Waals surface area contributed by atoms with Crippen LogP contribution in [0.2, 0.25) is 0 Å². The molecule has 0 aliphatic carbocycles. The maximum absolute atomic E-state index is 4.10. The van der Waals surface area contributed by atoms with Crippen LogP contribution >= 0.6 is 0 Å². The van der Waals surface area contributed by atoms with Crippen molar-refractivity contribution in [2.45, 2.75) is 65.2 Å². The van der Waals surface area contributed by atoms with Gasteiger partial charge in [0, 0.05) is 0 Å². The van der Waals surface area contributed by atoms with E-state index in [1.54, 1.807) is 0 Å². The number of benzene rings is 1. The van der Waals surface area contributed by atoms with Gasteiger partial charge in [-0.15, -0.1) is 0 Å². The molecule has 0 amide bonds. The summed E-state index contributed by atoms with van der Waals surface area (Å²) in [6.45, 7) is 8.61. The van der Waals surface area contributed by atoms with Crippen LogP contribution in [0.4, 0.5) is 0 Å². The van der Waals surface area contributed by atoms with Crippen LogP contribution in [-0.2, 0) is 12.8 Å². The zero-order chi connectivity index (χ0) is 12.5. The van der Waals surface area contributed by atoms with Crippen molar-refractivity contribution >= 4 is 0 Å². The van der Waals surface area contributed by atoms with E-state index in [1.807, 2.05) is 0 Å². The van der Waals surface area contributed by atoms with Gasteiger partial charge in [0.25, 0.3) is 0 Å². The third kappa shape index (κ3) is 5.91. The van der Waals surface area contributed by atoms with Crippen LogP contribution < -0.4 is 0 Å². The lowest BCUT2D eigenvalue weighted by Gasteiger charge is -2.07. The molecular formula is C17H27. The molecule has 0 aliphatic rings. The van der Waals surface area contributed by atoms with Crippen LogP contribution in [-0.4, -0.2) is 0 Å². The van der Waals surface area contributed by atoms with Crippen LogP contribution in [0.15, 0.2) is 18.2 Å². The first-order chi connectivity index (χ1) is 8.26. The van der Waals surface area contributed by atoms with Gasteiger partial charge in [0.1, 0.15) is 0 Å². The standard InChI is InChI=1S/C17H27/c1-4-6-8-10-16-12-15(3)13-17(14-16)11-9-7-5-2/h12-14H,3-11H2,1-2H3. The van der Waals surface area contributed by atoms with Crippen molar-refractivity contribution in [3.63, 3.8) is 0 Å². The minimum Gasteiger partial charge on any atom is -0.0654 e. The largest absolute Gasteiger partial charge is 0.0654 e. The van der Waals surface area contributed by atoms with Crippen LogP contribution in [0.1, 0.15) is 69.1 Å². The molecular weight excluding hydrogens is 204 g/mol. The summed E-state index contributed by atoms with van der Waals surface area (Å²) in [5.74, 6) is 0. The second-order valence-corrected chi connectivity index (χ2v) is 5.07. The van der Waals surface area contributed by atoms with Crippen molar-refractivity contribution in [2.24, 2.45) is 0 Å². The molecule has 0 saturated carbocycles. The second kappa shape index (κ2) is 8.33. The Kier molecular flexibility index (Phi) is 7.00. The average Bonchev–Trinajstić information content (AvgIpc) is 2.29. The molecule has 0 aromatic heterocycles. The highest BCUT2D eigenvalue weighted by molar-refractivity contribution is 5.32. The molecule has 0 nitrogen and oxygen atoms in total. The summed E-state index contributed by atoms with van der Waals surface area (Å²) in [6, 6.07) is 6.89. The molecule has 0 heterocycles. The van der Waals surface area contributed by atoms with Crippen LogP contribution in [0, 0.1) is 6.92 Å². The van der Waals surface area contributed by atoms with Gasteiger partial charge in [0.05, 0.1) is 0 Å². The van der Waals surface area contributed by atoms with E-state index in [-0.39, 0.29) is 0 Å². The predicted molar refractivity (Wildman–Crippen MR) is 77.4 cm³/mol. The van der Waals surface area contributed by atoms with Crippen LogP contribution in [0.5, 0.6) is 0 Å². The maximum Gasteiger partial charge on any atom is -0.0238 e. The van der Waals surface area contributed by atoms with E-state index in [1.165, 1.54) is 68.1 Å². The molecule has 0 aliphatic heterocycles. The molecule has 95 valence electrons. The molecule has 1 radical (unpaired) electrons. The highest BCUT2D eigenvalue weighted by Gasteiger charge is 1.99. The van der Waals surface area contributed by atoms with Gasteiger partial charge in [-0.3, -0.25) is 0 Å². The fourth-order valence-corrected chi connectivity index (χ4v) is 2.29. The van der Waals surface area contributed by atoms with Gasteiger partial charge < -0.3 is 0 Å². The van der Waals surface area contributed by atoms with E-state index in [0.29, 0.717) is 0 Å². The summed E-state index contributed by atoms with van der Waals surface area (Å²) in [6.07, 6.45) is 10.3. The summed E-state index contributed by atoms with van der Waals surface area (Å²) in [5.41, 5.74) is 4.15. The predicted octanol–water partition coefficient (Wildman–Crippen LogP) is 5.33. The Morgan fingerprint density at radius 1 is 0.765 bits per heavy atom. The highest BCUT2D eigenvalue weighted by Crippen LogP contribution is 2.15. The summed E-state index contributed by atoms with van der Waals surface area (Å²) in [5, 5.41) is 0. The number of unbranched alkanes of at least 4 members (excludes halogenated alkanes) is 4. The number of hydrogen-bond acceptors (Lipinski definition) is 0. The normalized spacial score (nSPS) is 10.8. The van der Waals surface area contributed by atoms with E-state index in [4.69, 9.17) is 0 Å². The Hall–Kier alpha value is -0.780. The Morgan fingerprint density at radius 3 is 1.65 bits per heavy atom. The van der Waals surface area contributed by atoms with Gasteiger partial charge in [0.15, 0.2) is 0 Å². The molecule has 17 heavy (non-hydrogen) atoms. The van der Waals surface area contributed by atoms with E-state index in [0.717, 1.165) is 0 Å². The Balaban J connectivity index is 2.53. The van der Waals surface area contributed by atoms with E-state index < -0.39 is 0 Å². The highest BCUT2D eigenvalue weighted by atomic mass is 14.0. The van der Waals surface area contributed by atoms with E-state index >= 15 is 0 Å². The topological polar surface area (TPSA) is 0 Å². The van der Waals surface area contributed by atoms with Crippen molar-refractivity contribution in [3.05, 3.63) is 41.8 Å². The average molecular weight is 231 g/mol. The van der Waals surface area contributed by atoms with Crippen molar-refractivity contribution in [3.8, 4) is 0 Å². The van der Waals surface area contributed by atoms with Crippen molar-refractivity contribution in [1.82, 2.24) is 0 Å². The summed E-state index contributed by atoms with van der Waals surface area (Å²) < 4.78 is 0. The fourth-order valence-electron chi connectivity index (χ4n) is 2.29. The molecule has 0 bridgehead atoms. The molecule has 1 aromatic carbocycles. The van der Waals surface area contributed by atoms with Crippen molar-refractivity contribution in [1.29, 1.82) is 0 Å². The molecule has 0 fully saturated rings. The molecule has 0 unspecified atom stereocenters. The first-order valence-electron chi connectivity index (χ1n) is 7.21. The van der Waals surface area contributed by atoms with Crippen molar-refractivity contribution in [2.75, 3.05) is 0 Å². The SMILES string of the molecule is [CH2]c1cc(CCCCC)cc(CCCCC)c1. The van der Waals surface area contributed by atoms with Gasteiger partial charge in [-0.1, -0.05) is 57.7 Å². The minimum absolute atomic E-state index is 1.19. The minimum atomic E-state index is 1.19. The van der Waals surface area contributed by atoms with Crippen molar-refractivity contribution < 1.29 is 0 Å². The summed E-state index contributed by atoms with van der Waals surface area (Å²) in [7, 11) is 0. The first kappa shape index (κ1) is 14.3. The lowest BCUT2D eigenvalue weighted by Crippen LogP contribution is -1.92. The molecule has 1 rings (SSSR count). The molecule has 0 spiro atoms. The third-order valence-electron chi connectivity index (χ3n) is 3.25. The first-order valence-corrected chi connectivity index (χ1v) is 7.21. The number of rotatable bonds is 8.